The monoisotopic (exact) mass is 516 g/mol. The van der Waals surface area contributed by atoms with E-state index in [1.54, 1.807) is 16.8 Å². The third-order valence-electron chi connectivity index (χ3n) is 6.66. The fourth-order valence-electron chi connectivity index (χ4n) is 4.62. The number of rotatable bonds is 7. The molecule has 0 radical (unpaired) electrons. The lowest BCUT2D eigenvalue weighted by Gasteiger charge is -2.34. The van der Waals surface area contributed by atoms with Gasteiger partial charge in [-0.15, -0.1) is 11.7 Å². The Morgan fingerprint density at radius 3 is 2.55 bits per heavy atom. The number of anilines is 3. The van der Waals surface area contributed by atoms with Crippen LogP contribution in [0.5, 0.6) is 0 Å². The first-order valence-corrected chi connectivity index (χ1v) is 12.6. The number of nitrogens with zero attached hydrogens (tertiary/aromatic N) is 9. The Morgan fingerprint density at radius 1 is 1.11 bits per heavy atom. The smallest absolute Gasteiger partial charge is 0.278 e. The highest BCUT2D eigenvalue weighted by molar-refractivity contribution is 5.77. The summed E-state index contributed by atoms with van der Waals surface area (Å²) in [5.74, 6) is 1.28. The molecule has 0 aliphatic carbocycles. The molecule has 0 aromatic carbocycles. The van der Waals surface area contributed by atoms with Crippen LogP contribution < -0.4 is 21.3 Å². The van der Waals surface area contributed by atoms with E-state index < -0.39 is 0 Å². The summed E-state index contributed by atoms with van der Waals surface area (Å²) >= 11 is 0. The van der Waals surface area contributed by atoms with Gasteiger partial charge in [-0.1, -0.05) is 6.08 Å². The maximum absolute atomic E-state index is 13.2. The third kappa shape index (κ3) is 4.70. The van der Waals surface area contributed by atoms with Crippen molar-refractivity contribution in [1.29, 1.82) is 0 Å². The summed E-state index contributed by atoms with van der Waals surface area (Å²) in [6, 6.07) is 4.83. The number of nitrogens with one attached hydrogen (secondary N) is 1. The van der Waals surface area contributed by atoms with Gasteiger partial charge < -0.3 is 15.1 Å². The zero-order chi connectivity index (χ0) is 27.0. The van der Waals surface area contributed by atoms with Gasteiger partial charge in [0.25, 0.3) is 11.1 Å². The van der Waals surface area contributed by atoms with Crippen LogP contribution in [-0.4, -0.2) is 72.2 Å². The molecule has 1 aliphatic heterocycles. The second-order valence-corrected chi connectivity index (χ2v) is 9.76. The van der Waals surface area contributed by atoms with Crippen LogP contribution in [0.15, 0.2) is 52.8 Å². The number of aryl methyl sites for hydroxylation is 1. The molecule has 12 heteroatoms. The molecule has 198 valence electrons. The normalized spacial score (nSPS) is 14.4. The molecule has 0 unspecified atom stereocenters. The van der Waals surface area contributed by atoms with Crippen molar-refractivity contribution in [2.75, 3.05) is 43.4 Å². The Hall–Kier alpha value is -4.32. The molecular weight excluding hydrogens is 484 g/mol. The maximum atomic E-state index is 13.2. The van der Waals surface area contributed by atoms with Crippen LogP contribution in [0.2, 0.25) is 0 Å². The molecule has 1 saturated heterocycles. The predicted octanol–water partition coefficient (Wildman–Crippen LogP) is 2.10. The molecule has 1 N–H and O–H groups in total. The quantitative estimate of drug-likeness (QED) is 0.368. The Balaban J connectivity index is 1.53. The first kappa shape index (κ1) is 25.3. The van der Waals surface area contributed by atoms with E-state index in [9.17, 15) is 9.59 Å². The van der Waals surface area contributed by atoms with Crippen molar-refractivity contribution < 1.29 is 0 Å². The minimum absolute atomic E-state index is 0.154. The number of aromatic nitrogens is 7. The van der Waals surface area contributed by atoms with Gasteiger partial charge in [-0.2, -0.15) is 4.98 Å². The van der Waals surface area contributed by atoms with Gasteiger partial charge in [-0.25, -0.2) is 24.0 Å². The van der Waals surface area contributed by atoms with E-state index in [4.69, 9.17) is 0 Å². The van der Waals surface area contributed by atoms with Crippen LogP contribution in [0, 0.1) is 6.92 Å². The standard InChI is InChI=1S/C26H32N10O2/c1-6-9-34-25(38)19-15-28-26(30-24(19)36(34)22-7-8-23(37)35(31-22)17(2)3)29-21-14-18(4)20(16-27-21)33-12-10-32(5)11-13-33/h6-8,14-17H,1,9-13H2,2-5H3,(H,27,28,29,30). The summed E-state index contributed by atoms with van der Waals surface area (Å²) in [6.07, 6.45) is 4.99. The summed E-state index contributed by atoms with van der Waals surface area (Å²) in [5, 5.41) is 8.01. The zero-order valence-corrected chi connectivity index (χ0v) is 22.1. The molecule has 4 aromatic rings. The fraction of sp³-hybridized carbons (Fsp3) is 0.385. The van der Waals surface area contributed by atoms with E-state index in [2.05, 4.69) is 55.7 Å². The number of hydrogen-bond donors (Lipinski definition) is 1. The summed E-state index contributed by atoms with van der Waals surface area (Å²) in [4.78, 5) is 43.8. The average molecular weight is 517 g/mol. The number of hydrogen-bond acceptors (Lipinski definition) is 9. The Morgan fingerprint density at radius 2 is 1.87 bits per heavy atom. The van der Waals surface area contributed by atoms with E-state index >= 15 is 0 Å². The Kier molecular flexibility index (Phi) is 6.81. The largest absolute Gasteiger partial charge is 0.368 e. The van der Waals surface area contributed by atoms with Crippen LogP contribution >= 0.6 is 0 Å². The van der Waals surface area contributed by atoms with Gasteiger partial charge in [0.15, 0.2) is 11.5 Å². The van der Waals surface area contributed by atoms with Gasteiger partial charge >= 0.3 is 0 Å². The molecule has 38 heavy (non-hydrogen) atoms. The topological polar surface area (TPSA) is 119 Å². The van der Waals surface area contributed by atoms with E-state index in [1.165, 1.54) is 21.6 Å². The average Bonchev–Trinajstić information content (AvgIpc) is 3.16. The lowest BCUT2D eigenvalue weighted by atomic mass is 10.2. The van der Waals surface area contributed by atoms with Crippen LogP contribution in [0.1, 0.15) is 25.5 Å². The molecule has 5 heterocycles. The highest BCUT2D eigenvalue weighted by atomic mass is 16.1. The molecule has 0 bridgehead atoms. The Labute approximate surface area is 219 Å². The number of likely N-dealkylation sites (N-methyl/N-ethyl adjacent to an activating group) is 1. The van der Waals surface area contributed by atoms with Crippen molar-refractivity contribution in [3.63, 3.8) is 0 Å². The van der Waals surface area contributed by atoms with Gasteiger partial charge in [0.2, 0.25) is 5.95 Å². The van der Waals surface area contributed by atoms with Crippen LogP contribution in [0.4, 0.5) is 17.5 Å². The van der Waals surface area contributed by atoms with Gasteiger partial charge in [-0.05, 0) is 45.5 Å². The van der Waals surface area contributed by atoms with Crippen molar-refractivity contribution in [2.45, 2.75) is 33.4 Å². The molecule has 12 nitrogen and oxygen atoms in total. The Bertz CT molecular complexity index is 1610. The molecule has 4 aromatic heterocycles. The second-order valence-electron chi connectivity index (χ2n) is 9.76. The molecule has 5 rings (SSSR count). The maximum Gasteiger partial charge on any atom is 0.278 e. The van der Waals surface area contributed by atoms with Crippen molar-refractivity contribution in [1.82, 2.24) is 39.0 Å². The fourth-order valence-corrected chi connectivity index (χ4v) is 4.62. The molecular formula is C26H32N10O2. The van der Waals surface area contributed by atoms with Gasteiger partial charge in [0, 0.05) is 38.4 Å². The zero-order valence-electron chi connectivity index (χ0n) is 22.1. The van der Waals surface area contributed by atoms with Crippen LogP contribution in [0.3, 0.4) is 0 Å². The first-order valence-electron chi connectivity index (χ1n) is 12.6. The summed E-state index contributed by atoms with van der Waals surface area (Å²) < 4.78 is 4.44. The number of fused-ring (bicyclic) bond motifs is 1. The molecule has 1 aliphatic rings. The SMILES string of the molecule is C=CCn1c(=O)c2cnc(Nc3cc(C)c(N4CCN(C)CC4)cn3)nc2n1-c1ccc(=O)n(C(C)C)n1. The van der Waals surface area contributed by atoms with Crippen molar-refractivity contribution >= 4 is 28.5 Å². The number of pyridine rings is 1. The molecule has 0 amide bonds. The van der Waals surface area contributed by atoms with Gasteiger partial charge in [0.05, 0.1) is 24.5 Å². The lowest BCUT2D eigenvalue weighted by molar-refractivity contribution is 0.312. The predicted molar refractivity (Wildman–Crippen MR) is 148 cm³/mol. The summed E-state index contributed by atoms with van der Waals surface area (Å²) in [5.41, 5.74) is 2.07. The minimum Gasteiger partial charge on any atom is -0.368 e. The molecule has 0 saturated carbocycles. The van der Waals surface area contributed by atoms with E-state index in [0.29, 0.717) is 28.6 Å². The van der Waals surface area contributed by atoms with Crippen molar-refractivity contribution in [2.24, 2.45) is 0 Å². The molecule has 0 spiro atoms. The van der Waals surface area contributed by atoms with E-state index in [0.717, 1.165) is 37.4 Å². The van der Waals surface area contributed by atoms with Crippen LogP contribution in [0.25, 0.3) is 16.9 Å². The summed E-state index contributed by atoms with van der Waals surface area (Å²) in [7, 11) is 2.13. The molecule has 1 fully saturated rings. The van der Waals surface area contributed by atoms with E-state index in [-0.39, 0.29) is 23.7 Å². The lowest BCUT2D eigenvalue weighted by Crippen LogP contribution is -2.44. The third-order valence-corrected chi connectivity index (χ3v) is 6.66. The highest BCUT2D eigenvalue weighted by Crippen LogP contribution is 2.24. The van der Waals surface area contributed by atoms with Crippen LogP contribution in [-0.2, 0) is 6.54 Å². The number of piperazine rings is 1. The van der Waals surface area contributed by atoms with Gasteiger partial charge in [0.1, 0.15) is 11.2 Å². The minimum atomic E-state index is -0.277. The van der Waals surface area contributed by atoms with E-state index in [1.807, 2.05) is 26.1 Å². The first-order chi connectivity index (χ1) is 18.3. The second kappa shape index (κ2) is 10.2. The summed E-state index contributed by atoms with van der Waals surface area (Å²) in [6.45, 7) is 13.8. The van der Waals surface area contributed by atoms with Gasteiger partial charge in [-0.3, -0.25) is 9.59 Å². The molecule has 0 atom stereocenters. The van der Waals surface area contributed by atoms with Crippen molar-refractivity contribution in [3.05, 3.63) is 69.5 Å². The van der Waals surface area contributed by atoms with Crippen molar-refractivity contribution in [3.8, 4) is 5.82 Å². The highest BCUT2D eigenvalue weighted by Gasteiger charge is 2.20. The number of allylic oxidation sites excluding steroid dienone is 1.